The van der Waals surface area contributed by atoms with Gasteiger partial charge in [0.25, 0.3) is 5.75 Å². The third kappa shape index (κ3) is 3.74. The van der Waals surface area contributed by atoms with E-state index in [-0.39, 0.29) is 11.5 Å². The first-order valence-corrected chi connectivity index (χ1v) is 9.78. The Morgan fingerprint density at radius 3 is 1.47 bits per heavy atom. The predicted octanol–water partition coefficient (Wildman–Crippen LogP) is 5.25. The normalized spacial score (nSPS) is 10.9. The molecule has 0 bridgehead atoms. The third-order valence-electron chi connectivity index (χ3n) is 5.12. The van der Waals surface area contributed by atoms with E-state index in [0.717, 1.165) is 22.3 Å². The second-order valence-electron chi connectivity index (χ2n) is 7.67. The van der Waals surface area contributed by atoms with Crippen molar-refractivity contribution in [2.45, 2.75) is 27.7 Å². The lowest BCUT2D eigenvalue weighted by atomic mass is 10.0. The molecular formula is C25H24N3O2+. The number of aryl methyl sites for hydroxylation is 4. The zero-order chi connectivity index (χ0) is 21.4. The Morgan fingerprint density at radius 2 is 1.03 bits per heavy atom. The number of rotatable bonds is 3. The molecule has 0 aliphatic rings. The molecule has 4 rings (SSSR count). The molecule has 0 unspecified atom stereocenters. The van der Waals surface area contributed by atoms with E-state index < -0.39 is 0 Å². The van der Waals surface area contributed by atoms with Gasteiger partial charge in [0.1, 0.15) is 5.75 Å². The first-order valence-electron chi connectivity index (χ1n) is 9.78. The minimum atomic E-state index is -0.0214. The van der Waals surface area contributed by atoms with E-state index >= 15 is 0 Å². The second-order valence-corrected chi connectivity index (χ2v) is 7.67. The highest BCUT2D eigenvalue weighted by Crippen LogP contribution is 2.33. The molecule has 0 spiro atoms. The van der Waals surface area contributed by atoms with E-state index in [1.54, 1.807) is 12.1 Å². The Labute approximate surface area is 175 Å². The van der Waals surface area contributed by atoms with Crippen LogP contribution in [0.5, 0.6) is 11.5 Å². The van der Waals surface area contributed by atoms with Crippen LogP contribution in [0.1, 0.15) is 22.3 Å². The van der Waals surface area contributed by atoms with E-state index in [1.165, 1.54) is 17.2 Å². The van der Waals surface area contributed by atoms with E-state index in [2.05, 4.69) is 35.9 Å². The molecule has 3 aromatic carbocycles. The molecule has 1 heterocycles. The van der Waals surface area contributed by atoms with Crippen molar-refractivity contribution >= 4 is 0 Å². The summed E-state index contributed by atoms with van der Waals surface area (Å²) < 4.78 is 0. The minimum Gasteiger partial charge on any atom is -0.593 e. The lowest BCUT2D eigenvalue weighted by molar-refractivity contribution is 0.451. The molecule has 0 aliphatic heterocycles. The monoisotopic (exact) mass is 398 g/mol. The fourth-order valence-corrected chi connectivity index (χ4v) is 3.59. The van der Waals surface area contributed by atoms with Gasteiger partial charge in [-0.05, 0) is 44.9 Å². The Hall–Kier alpha value is -3.73. The molecule has 0 atom stereocenters. The molecule has 0 amide bonds. The average Bonchev–Trinajstić information content (AvgIpc) is 2.67. The van der Waals surface area contributed by atoms with Gasteiger partial charge in [-0.25, -0.2) is 15.0 Å². The van der Waals surface area contributed by atoms with Gasteiger partial charge in [0.15, 0.2) is 17.5 Å². The van der Waals surface area contributed by atoms with Crippen LogP contribution in [0.3, 0.4) is 0 Å². The van der Waals surface area contributed by atoms with E-state index in [0.29, 0.717) is 23.0 Å². The predicted molar refractivity (Wildman–Crippen MR) is 120 cm³/mol. The van der Waals surface area contributed by atoms with Crippen molar-refractivity contribution in [2.75, 3.05) is 0 Å². The number of phenolic OH excluding ortho intramolecular Hbond substituents is 1. The van der Waals surface area contributed by atoms with E-state index in [4.69, 9.17) is 10.1 Å². The molecule has 5 heteroatoms. The Balaban J connectivity index is 1.98. The topological polar surface area (TPSA) is 81.8 Å². The van der Waals surface area contributed by atoms with Gasteiger partial charge in [0.2, 0.25) is 0 Å². The summed E-state index contributed by atoms with van der Waals surface area (Å²) in [5.41, 5.74) is 6.81. The SMILES string of the molecule is Cc1ccc(-c2nc(-c3ccc(C)cc3C)nc(-c3ccc([OH2+])cc3O)n2)c(C)c1. The van der Waals surface area contributed by atoms with Crippen molar-refractivity contribution in [1.29, 1.82) is 0 Å². The van der Waals surface area contributed by atoms with Gasteiger partial charge in [-0.3, -0.25) is 0 Å². The quantitative estimate of drug-likeness (QED) is 0.478. The van der Waals surface area contributed by atoms with Gasteiger partial charge in [0.05, 0.1) is 11.6 Å². The summed E-state index contributed by atoms with van der Waals surface area (Å²) in [5, 5.41) is 18.2. The van der Waals surface area contributed by atoms with Crippen LogP contribution in [0.2, 0.25) is 0 Å². The standard InChI is InChI=1S/C25H23N3O2/c1-14-5-8-19(16(3)11-14)23-26-24(20-9-6-15(2)12-17(20)4)28-25(27-23)21-10-7-18(29)13-22(21)30/h5-13,29-30H,1-4H3/p+1. The molecule has 0 radical (unpaired) electrons. The van der Waals surface area contributed by atoms with Crippen molar-refractivity contribution in [3.63, 3.8) is 0 Å². The number of aromatic hydroxyl groups is 1. The number of nitrogens with zero attached hydrogens (tertiary/aromatic N) is 3. The first-order chi connectivity index (χ1) is 14.3. The van der Waals surface area contributed by atoms with Crippen LogP contribution in [0.15, 0.2) is 54.6 Å². The van der Waals surface area contributed by atoms with Crippen LogP contribution in [0.25, 0.3) is 34.2 Å². The van der Waals surface area contributed by atoms with E-state index in [9.17, 15) is 5.11 Å². The highest BCUT2D eigenvalue weighted by molar-refractivity contribution is 5.72. The van der Waals surface area contributed by atoms with Crippen LogP contribution in [-0.4, -0.2) is 25.2 Å². The van der Waals surface area contributed by atoms with E-state index in [1.807, 2.05) is 38.1 Å². The van der Waals surface area contributed by atoms with Crippen molar-refractivity contribution in [1.82, 2.24) is 15.0 Å². The molecule has 0 saturated carbocycles. The summed E-state index contributed by atoms with van der Waals surface area (Å²) in [4.78, 5) is 14.2. The van der Waals surface area contributed by atoms with Crippen LogP contribution in [-0.2, 0) is 0 Å². The number of hydrogen-bond donors (Lipinski definition) is 1. The van der Waals surface area contributed by atoms with Gasteiger partial charge >= 0.3 is 0 Å². The first kappa shape index (κ1) is 19.6. The zero-order valence-electron chi connectivity index (χ0n) is 17.5. The summed E-state index contributed by atoms with van der Waals surface area (Å²) in [6, 6.07) is 17.0. The maximum Gasteiger partial charge on any atom is 0.257 e. The molecule has 1 aromatic heterocycles. The summed E-state index contributed by atoms with van der Waals surface area (Å²) >= 11 is 0. The molecule has 30 heavy (non-hydrogen) atoms. The Morgan fingerprint density at radius 1 is 0.600 bits per heavy atom. The lowest BCUT2D eigenvalue weighted by Crippen LogP contribution is -2.02. The van der Waals surface area contributed by atoms with Crippen LogP contribution in [0, 0.1) is 27.7 Å². The Kier molecular flexibility index (Phi) is 4.96. The lowest BCUT2D eigenvalue weighted by Gasteiger charge is -2.12. The van der Waals surface area contributed by atoms with Crippen molar-refractivity contribution in [3.8, 4) is 45.7 Å². The maximum absolute atomic E-state index is 10.4. The number of phenols is 1. The van der Waals surface area contributed by atoms with Crippen LogP contribution in [0.4, 0.5) is 0 Å². The maximum atomic E-state index is 10.4. The summed E-state index contributed by atoms with van der Waals surface area (Å²) in [5.74, 6) is 1.71. The van der Waals surface area contributed by atoms with Gasteiger partial charge in [-0.1, -0.05) is 47.5 Å². The number of benzene rings is 3. The summed E-state index contributed by atoms with van der Waals surface area (Å²) in [6.45, 7) is 8.18. The molecule has 4 aromatic rings. The number of hydrogen-bond acceptors (Lipinski definition) is 4. The third-order valence-corrected chi connectivity index (χ3v) is 5.12. The summed E-state index contributed by atoms with van der Waals surface area (Å²) in [7, 11) is 0. The van der Waals surface area contributed by atoms with Gasteiger partial charge in [-0.2, -0.15) is 0 Å². The second kappa shape index (κ2) is 7.59. The average molecular weight is 398 g/mol. The highest BCUT2D eigenvalue weighted by Gasteiger charge is 2.17. The molecular weight excluding hydrogens is 374 g/mol. The number of aromatic nitrogens is 3. The van der Waals surface area contributed by atoms with Crippen molar-refractivity contribution < 1.29 is 10.2 Å². The highest BCUT2D eigenvalue weighted by atomic mass is 16.3. The molecule has 150 valence electrons. The van der Waals surface area contributed by atoms with Gasteiger partial charge < -0.3 is 10.2 Å². The largest absolute Gasteiger partial charge is 0.593 e. The minimum absolute atomic E-state index is 0.0214. The smallest absolute Gasteiger partial charge is 0.257 e. The van der Waals surface area contributed by atoms with Gasteiger partial charge in [-0.15, -0.1) is 0 Å². The van der Waals surface area contributed by atoms with Gasteiger partial charge in [0, 0.05) is 17.2 Å². The van der Waals surface area contributed by atoms with Crippen LogP contribution < -0.4 is 0 Å². The summed E-state index contributed by atoms with van der Waals surface area (Å²) in [6.07, 6.45) is 0. The molecule has 0 saturated heterocycles. The fraction of sp³-hybridized carbons (Fsp3) is 0.160. The fourth-order valence-electron chi connectivity index (χ4n) is 3.59. The zero-order valence-corrected chi connectivity index (χ0v) is 17.5. The van der Waals surface area contributed by atoms with Crippen molar-refractivity contribution in [2.24, 2.45) is 0 Å². The van der Waals surface area contributed by atoms with Crippen molar-refractivity contribution in [3.05, 3.63) is 76.9 Å². The molecule has 5 nitrogen and oxygen atoms in total. The van der Waals surface area contributed by atoms with Crippen LogP contribution >= 0.6 is 0 Å². The Bertz CT molecular complexity index is 1100. The molecule has 0 fully saturated rings. The molecule has 3 N–H and O–H groups in total. The molecule has 0 aliphatic carbocycles.